The van der Waals surface area contributed by atoms with Gasteiger partial charge in [0, 0.05) is 18.9 Å². The van der Waals surface area contributed by atoms with Crippen molar-refractivity contribution in [2.75, 3.05) is 13.7 Å². The molecule has 1 aromatic heterocycles. The minimum atomic E-state index is -0.481. The van der Waals surface area contributed by atoms with Crippen molar-refractivity contribution in [1.82, 2.24) is 4.57 Å². The number of carbonyl (C=O) groups excluding carboxylic acids is 1. The summed E-state index contributed by atoms with van der Waals surface area (Å²) in [7, 11) is 1.50. The molecular formula is C17H16N2O4. The Morgan fingerprint density at radius 3 is 2.74 bits per heavy atom. The lowest BCUT2D eigenvalue weighted by atomic mass is 10.0. The normalized spacial score (nSPS) is 11.7. The number of benzene rings is 1. The van der Waals surface area contributed by atoms with Gasteiger partial charge in [0.1, 0.15) is 17.4 Å². The van der Waals surface area contributed by atoms with Gasteiger partial charge in [-0.1, -0.05) is 12.1 Å². The van der Waals surface area contributed by atoms with E-state index in [2.05, 4.69) is 0 Å². The standard InChI is InChI=1S/C17H16N2O4/c1-11(10-23-2)19-9-13(7-12(8-18)17(19)22)16(21)14-5-3-4-6-15(14)20/h3-7,9,11,20H,10H2,1-2H3. The van der Waals surface area contributed by atoms with Crippen LogP contribution in [0.2, 0.25) is 0 Å². The van der Waals surface area contributed by atoms with Crippen LogP contribution in [0.25, 0.3) is 0 Å². The molecule has 23 heavy (non-hydrogen) atoms. The lowest BCUT2D eigenvalue weighted by molar-refractivity contribution is 0.103. The van der Waals surface area contributed by atoms with E-state index < -0.39 is 11.3 Å². The molecule has 1 N–H and O–H groups in total. The van der Waals surface area contributed by atoms with E-state index in [1.54, 1.807) is 25.1 Å². The molecule has 118 valence electrons. The molecule has 0 amide bonds. The highest BCUT2D eigenvalue weighted by atomic mass is 16.5. The fourth-order valence-electron chi connectivity index (χ4n) is 2.28. The highest BCUT2D eigenvalue weighted by Crippen LogP contribution is 2.20. The highest BCUT2D eigenvalue weighted by Gasteiger charge is 2.18. The van der Waals surface area contributed by atoms with Gasteiger partial charge in [-0.05, 0) is 25.1 Å². The van der Waals surface area contributed by atoms with Crippen LogP contribution in [-0.4, -0.2) is 29.2 Å². The van der Waals surface area contributed by atoms with Crippen LogP contribution in [0.4, 0.5) is 0 Å². The summed E-state index contributed by atoms with van der Waals surface area (Å²) in [6, 6.07) is 8.83. The number of nitrogens with zero attached hydrogens (tertiary/aromatic N) is 2. The summed E-state index contributed by atoms with van der Waals surface area (Å²) in [5, 5.41) is 18.9. The van der Waals surface area contributed by atoms with Gasteiger partial charge in [-0.3, -0.25) is 9.59 Å². The Balaban J connectivity index is 2.58. The van der Waals surface area contributed by atoms with E-state index in [1.165, 1.54) is 36.1 Å². The monoisotopic (exact) mass is 312 g/mol. The van der Waals surface area contributed by atoms with Crippen molar-refractivity contribution in [2.24, 2.45) is 0 Å². The number of rotatable bonds is 5. The number of pyridine rings is 1. The van der Waals surface area contributed by atoms with Crippen molar-refractivity contribution in [1.29, 1.82) is 5.26 Å². The van der Waals surface area contributed by atoms with E-state index >= 15 is 0 Å². The molecular weight excluding hydrogens is 296 g/mol. The van der Waals surface area contributed by atoms with Crippen molar-refractivity contribution < 1.29 is 14.6 Å². The second-order valence-electron chi connectivity index (χ2n) is 5.12. The maximum atomic E-state index is 12.6. The Kier molecular flexibility index (Phi) is 4.94. The molecule has 2 aromatic rings. The molecule has 1 unspecified atom stereocenters. The molecule has 0 bridgehead atoms. The maximum Gasteiger partial charge on any atom is 0.268 e. The van der Waals surface area contributed by atoms with Crippen LogP contribution >= 0.6 is 0 Å². The van der Waals surface area contributed by atoms with Crippen LogP contribution < -0.4 is 5.56 Å². The van der Waals surface area contributed by atoms with Crippen LogP contribution in [0, 0.1) is 11.3 Å². The molecule has 0 radical (unpaired) electrons. The topological polar surface area (TPSA) is 92.3 Å². The average molecular weight is 312 g/mol. The third kappa shape index (κ3) is 3.30. The third-order valence-electron chi connectivity index (χ3n) is 3.46. The number of aromatic nitrogens is 1. The van der Waals surface area contributed by atoms with Gasteiger partial charge in [0.2, 0.25) is 0 Å². The first-order valence-corrected chi connectivity index (χ1v) is 6.97. The minimum absolute atomic E-state index is 0.112. The van der Waals surface area contributed by atoms with Crippen LogP contribution in [0.1, 0.15) is 34.5 Å². The quantitative estimate of drug-likeness (QED) is 0.851. The van der Waals surface area contributed by atoms with Crippen LogP contribution in [0.5, 0.6) is 5.75 Å². The Hall–Kier alpha value is -2.91. The largest absolute Gasteiger partial charge is 0.507 e. The van der Waals surface area contributed by atoms with Gasteiger partial charge >= 0.3 is 0 Å². The summed E-state index contributed by atoms with van der Waals surface area (Å²) in [6.07, 6.45) is 1.39. The third-order valence-corrected chi connectivity index (χ3v) is 3.46. The first-order chi connectivity index (χ1) is 11.0. The number of hydrogen-bond donors (Lipinski definition) is 1. The van der Waals surface area contributed by atoms with Gasteiger partial charge in [0.15, 0.2) is 5.78 Å². The molecule has 0 aliphatic carbocycles. The maximum absolute atomic E-state index is 12.6. The number of aromatic hydroxyl groups is 1. The number of ether oxygens (including phenoxy) is 1. The van der Waals surface area contributed by atoms with E-state index in [9.17, 15) is 14.7 Å². The van der Waals surface area contributed by atoms with Crippen molar-refractivity contribution in [3.05, 3.63) is 63.6 Å². The molecule has 1 heterocycles. The number of nitriles is 1. The first kappa shape index (κ1) is 16.5. The Labute approximate surface area is 133 Å². The van der Waals surface area contributed by atoms with Crippen molar-refractivity contribution in [2.45, 2.75) is 13.0 Å². The molecule has 1 atom stereocenters. The number of phenolic OH excluding ortho intramolecular Hbond substituents is 1. The molecule has 6 heteroatoms. The number of methoxy groups -OCH3 is 1. The van der Waals surface area contributed by atoms with Gasteiger partial charge in [-0.2, -0.15) is 5.26 Å². The van der Waals surface area contributed by atoms with E-state index in [0.29, 0.717) is 0 Å². The first-order valence-electron chi connectivity index (χ1n) is 6.97. The number of hydrogen-bond acceptors (Lipinski definition) is 5. The summed E-state index contributed by atoms with van der Waals surface area (Å²) >= 11 is 0. The van der Waals surface area contributed by atoms with E-state index in [1.807, 2.05) is 0 Å². The predicted octanol–water partition coefficient (Wildman–Crippen LogP) is 1.86. The Morgan fingerprint density at radius 1 is 1.43 bits per heavy atom. The smallest absolute Gasteiger partial charge is 0.268 e. The molecule has 0 spiro atoms. The van der Waals surface area contributed by atoms with Crippen LogP contribution in [0.15, 0.2) is 41.3 Å². The van der Waals surface area contributed by atoms with Crippen molar-refractivity contribution >= 4 is 5.78 Å². The molecule has 0 aliphatic rings. The fraction of sp³-hybridized carbons (Fsp3) is 0.235. The molecule has 0 saturated heterocycles. The predicted molar refractivity (Wildman–Crippen MR) is 83.5 cm³/mol. The number of carbonyl (C=O) groups is 1. The van der Waals surface area contributed by atoms with Gasteiger partial charge in [0.25, 0.3) is 5.56 Å². The molecule has 1 aromatic carbocycles. The zero-order valence-electron chi connectivity index (χ0n) is 12.8. The molecule has 0 fully saturated rings. The summed E-state index contributed by atoms with van der Waals surface area (Å²) in [5.74, 6) is -0.614. The molecule has 0 saturated carbocycles. The number of ketones is 1. The SMILES string of the molecule is COCC(C)n1cc(C(=O)c2ccccc2O)cc(C#N)c1=O. The molecule has 0 aliphatic heterocycles. The van der Waals surface area contributed by atoms with Gasteiger partial charge in [0.05, 0.1) is 18.2 Å². The summed E-state index contributed by atoms with van der Waals surface area (Å²) in [4.78, 5) is 24.8. The lowest BCUT2D eigenvalue weighted by Crippen LogP contribution is -2.28. The van der Waals surface area contributed by atoms with Crippen LogP contribution in [-0.2, 0) is 4.74 Å². The number of para-hydroxylation sites is 1. The minimum Gasteiger partial charge on any atom is -0.507 e. The molecule has 6 nitrogen and oxygen atoms in total. The Morgan fingerprint density at radius 2 is 2.13 bits per heavy atom. The van der Waals surface area contributed by atoms with Crippen LogP contribution in [0.3, 0.4) is 0 Å². The fourth-order valence-corrected chi connectivity index (χ4v) is 2.28. The zero-order chi connectivity index (χ0) is 17.0. The molecule has 2 rings (SSSR count). The van der Waals surface area contributed by atoms with E-state index in [4.69, 9.17) is 10.00 Å². The summed E-state index contributed by atoms with van der Waals surface area (Å²) in [5.41, 5.74) is -0.341. The average Bonchev–Trinajstić information content (AvgIpc) is 2.55. The summed E-state index contributed by atoms with van der Waals surface area (Å²) in [6.45, 7) is 2.01. The van der Waals surface area contributed by atoms with E-state index in [0.717, 1.165) is 0 Å². The second-order valence-corrected chi connectivity index (χ2v) is 5.12. The van der Waals surface area contributed by atoms with Crippen molar-refractivity contribution in [3.63, 3.8) is 0 Å². The van der Waals surface area contributed by atoms with E-state index in [-0.39, 0.29) is 35.1 Å². The zero-order valence-corrected chi connectivity index (χ0v) is 12.8. The Bertz CT molecular complexity index is 833. The van der Waals surface area contributed by atoms with Gasteiger partial charge in [-0.25, -0.2) is 0 Å². The highest BCUT2D eigenvalue weighted by molar-refractivity contribution is 6.10. The van der Waals surface area contributed by atoms with Gasteiger partial charge < -0.3 is 14.4 Å². The van der Waals surface area contributed by atoms with Crippen molar-refractivity contribution in [3.8, 4) is 11.8 Å². The van der Waals surface area contributed by atoms with Gasteiger partial charge in [-0.15, -0.1) is 0 Å². The summed E-state index contributed by atoms with van der Waals surface area (Å²) < 4.78 is 6.32. The number of phenols is 1. The lowest BCUT2D eigenvalue weighted by Gasteiger charge is -2.16. The second kappa shape index (κ2) is 6.90.